The van der Waals surface area contributed by atoms with Gasteiger partial charge >= 0.3 is 0 Å². The summed E-state index contributed by atoms with van der Waals surface area (Å²) >= 11 is 0. The maximum absolute atomic E-state index is 13.1. The minimum absolute atomic E-state index is 0.00250. The number of hydrogen-bond donors (Lipinski definition) is 1. The third kappa shape index (κ3) is 6.06. The van der Waals surface area contributed by atoms with Crippen LogP contribution in [0, 0.1) is 0 Å². The van der Waals surface area contributed by atoms with Crippen molar-refractivity contribution in [2.24, 2.45) is 0 Å². The van der Waals surface area contributed by atoms with Gasteiger partial charge in [-0.25, -0.2) is 0 Å². The highest BCUT2D eigenvalue weighted by molar-refractivity contribution is 5.99. The van der Waals surface area contributed by atoms with Gasteiger partial charge in [0, 0.05) is 30.6 Å². The first-order chi connectivity index (χ1) is 18.5. The molecule has 1 N–H and O–H groups in total. The molecule has 0 radical (unpaired) electrons. The van der Waals surface area contributed by atoms with Gasteiger partial charge in [0.1, 0.15) is 23.4 Å². The van der Waals surface area contributed by atoms with Crippen LogP contribution in [0.2, 0.25) is 0 Å². The Kier molecular flexibility index (Phi) is 7.75. The van der Waals surface area contributed by atoms with Crippen molar-refractivity contribution in [1.82, 2.24) is 4.90 Å². The topological polar surface area (TPSA) is 59.0 Å². The van der Waals surface area contributed by atoms with E-state index in [-0.39, 0.29) is 24.1 Å². The van der Waals surface area contributed by atoms with E-state index in [0.29, 0.717) is 16.9 Å². The molecule has 5 nitrogen and oxygen atoms in total. The predicted octanol–water partition coefficient (Wildman–Crippen LogP) is 6.63. The van der Waals surface area contributed by atoms with Gasteiger partial charge in [0.05, 0.1) is 7.11 Å². The summed E-state index contributed by atoms with van der Waals surface area (Å²) in [7, 11) is 3.75. The monoisotopic (exact) mass is 507 g/mol. The van der Waals surface area contributed by atoms with E-state index >= 15 is 0 Å². The normalized spacial score (nSPS) is 14.3. The lowest BCUT2D eigenvalue weighted by Gasteiger charge is -2.29. The quantitative estimate of drug-likeness (QED) is 0.271. The summed E-state index contributed by atoms with van der Waals surface area (Å²) in [5.74, 6) is 1.73. The molecule has 0 atom stereocenters. The van der Waals surface area contributed by atoms with Crippen molar-refractivity contribution in [3.8, 4) is 39.5 Å². The van der Waals surface area contributed by atoms with Crippen LogP contribution >= 0.6 is 0 Å². The molecule has 1 aliphatic heterocycles. The summed E-state index contributed by atoms with van der Waals surface area (Å²) in [4.78, 5) is 15.4. The number of nitrogens with zero attached hydrogens (tertiary/aromatic N) is 1. The van der Waals surface area contributed by atoms with Crippen molar-refractivity contribution in [1.29, 1.82) is 0 Å². The van der Waals surface area contributed by atoms with Crippen LogP contribution in [0.25, 0.3) is 22.3 Å². The lowest BCUT2D eigenvalue weighted by molar-refractivity contribution is 0.0993. The Morgan fingerprint density at radius 2 is 1.53 bits per heavy atom. The molecular weight excluding hydrogens is 474 g/mol. The Labute approximate surface area is 224 Å². The number of benzene rings is 4. The Morgan fingerprint density at radius 1 is 0.842 bits per heavy atom. The Hall–Kier alpha value is -4.09. The fraction of sp³-hybridized carbons (Fsp3) is 0.242. The van der Waals surface area contributed by atoms with E-state index < -0.39 is 0 Å². The minimum atomic E-state index is -0.00250. The van der Waals surface area contributed by atoms with Crippen LogP contribution in [0.5, 0.6) is 17.2 Å². The van der Waals surface area contributed by atoms with Crippen molar-refractivity contribution >= 4 is 5.78 Å². The van der Waals surface area contributed by atoms with Crippen molar-refractivity contribution < 1.29 is 19.4 Å². The molecule has 0 amide bonds. The summed E-state index contributed by atoms with van der Waals surface area (Å²) < 4.78 is 11.5. The molecule has 1 aliphatic rings. The molecule has 1 heterocycles. The number of phenolic OH excluding ortho intramolecular Hbond substituents is 1. The lowest BCUT2D eigenvalue weighted by atomic mass is 9.96. The molecule has 194 valence electrons. The van der Waals surface area contributed by atoms with Crippen LogP contribution in [-0.2, 0) is 6.42 Å². The summed E-state index contributed by atoms with van der Waals surface area (Å²) in [5, 5.41) is 10.4. The number of methoxy groups -OCH3 is 1. The van der Waals surface area contributed by atoms with Gasteiger partial charge in [-0.2, -0.15) is 0 Å². The zero-order valence-corrected chi connectivity index (χ0v) is 21.9. The van der Waals surface area contributed by atoms with E-state index in [9.17, 15) is 9.90 Å². The first kappa shape index (κ1) is 25.6. The average Bonchev–Trinajstić information content (AvgIpc) is 2.95. The molecule has 0 unspecified atom stereocenters. The van der Waals surface area contributed by atoms with Crippen LogP contribution < -0.4 is 9.47 Å². The third-order valence-corrected chi connectivity index (χ3v) is 7.17. The van der Waals surface area contributed by atoms with Gasteiger partial charge in [0.2, 0.25) is 0 Å². The average molecular weight is 508 g/mol. The van der Waals surface area contributed by atoms with E-state index in [0.717, 1.165) is 53.9 Å². The number of rotatable bonds is 8. The van der Waals surface area contributed by atoms with E-state index in [1.54, 1.807) is 25.3 Å². The molecule has 0 aliphatic carbocycles. The van der Waals surface area contributed by atoms with Crippen LogP contribution in [0.4, 0.5) is 0 Å². The summed E-state index contributed by atoms with van der Waals surface area (Å²) in [5.41, 5.74) is 5.11. The number of likely N-dealkylation sites (tertiary alicyclic amines) is 1. The predicted molar refractivity (Wildman–Crippen MR) is 151 cm³/mol. The van der Waals surface area contributed by atoms with Crippen LogP contribution in [0.3, 0.4) is 0 Å². The maximum atomic E-state index is 13.1. The zero-order valence-electron chi connectivity index (χ0n) is 21.9. The van der Waals surface area contributed by atoms with Crippen molar-refractivity contribution in [2.45, 2.75) is 25.4 Å². The Bertz CT molecular complexity index is 1390. The lowest BCUT2D eigenvalue weighted by Crippen LogP contribution is -2.35. The molecule has 5 heteroatoms. The number of carbonyl (C=O) groups is 1. The fourth-order valence-electron chi connectivity index (χ4n) is 4.85. The second kappa shape index (κ2) is 11.5. The van der Waals surface area contributed by atoms with Crippen molar-refractivity contribution in [3.63, 3.8) is 0 Å². The minimum Gasteiger partial charge on any atom is -0.507 e. The molecule has 0 saturated carbocycles. The summed E-state index contributed by atoms with van der Waals surface area (Å²) in [6.45, 7) is 2.15. The number of hydrogen-bond acceptors (Lipinski definition) is 5. The Morgan fingerprint density at radius 3 is 2.21 bits per heavy atom. The molecule has 0 spiro atoms. The number of piperidine rings is 1. The van der Waals surface area contributed by atoms with Gasteiger partial charge in [-0.15, -0.1) is 0 Å². The van der Waals surface area contributed by atoms with Crippen LogP contribution in [0.1, 0.15) is 28.8 Å². The van der Waals surface area contributed by atoms with Crippen molar-refractivity contribution in [3.05, 3.63) is 102 Å². The van der Waals surface area contributed by atoms with Gasteiger partial charge in [-0.05, 0) is 84.6 Å². The van der Waals surface area contributed by atoms with Gasteiger partial charge in [0.15, 0.2) is 5.78 Å². The fourth-order valence-corrected chi connectivity index (χ4v) is 4.85. The molecule has 4 aromatic rings. The highest BCUT2D eigenvalue weighted by atomic mass is 16.5. The van der Waals surface area contributed by atoms with Crippen LogP contribution in [-0.4, -0.2) is 49.1 Å². The summed E-state index contributed by atoms with van der Waals surface area (Å²) in [6, 6.07) is 28.8. The van der Waals surface area contributed by atoms with Gasteiger partial charge < -0.3 is 19.5 Å². The van der Waals surface area contributed by atoms with Gasteiger partial charge in [-0.3, -0.25) is 4.79 Å². The number of carbonyl (C=O) groups excluding carboxylic acids is 1. The van der Waals surface area contributed by atoms with Crippen LogP contribution in [0.15, 0.2) is 91.0 Å². The molecule has 1 saturated heterocycles. The Balaban J connectivity index is 1.24. The number of phenols is 1. The zero-order chi connectivity index (χ0) is 26.5. The molecule has 0 bridgehead atoms. The number of Topliss-reactive ketones (excluding diaryl/α,β-unsaturated/α-hetero) is 1. The number of ether oxygens (including phenoxy) is 2. The molecule has 1 fully saturated rings. The molecule has 38 heavy (non-hydrogen) atoms. The van der Waals surface area contributed by atoms with Gasteiger partial charge in [-0.1, -0.05) is 48.5 Å². The molecule has 0 aromatic heterocycles. The number of ketones is 1. The molecular formula is C33H33NO4. The standard InChI is InChI=1S/C33H33NO4/c1-34-18-16-29(17-19-34)38-28-13-10-25(11-14-28)24-8-6-23(7-9-24)20-33(36)27-12-15-32(35)31(22-27)26-4-3-5-30(21-26)37-2/h3-15,21-22,29,35H,16-20H2,1-2H3. The van der Waals surface area contributed by atoms with Crippen molar-refractivity contribution in [2.75, 3.05) is 27.2 Å². The van der Waals surface area contributed by atoms with E-state index in [1.165, 1.54) is 0 Å². The second-order valence-corrected chi connectivity index (χ2v) is 9.91. The highest BCUT2D eigenvalue weighted by Gasteiger charge is 2.18. The second-order valence-electron chi connectivity index (χ2n) is 9.91. The van der Waals surface area contributed by atoms with E-state index in [2.05, 4.69) is 24.1 Å². The van der Waals surface area contributed by atoms with E-state index in [1.807, 2.05) is 60.7 Å². The number of aromatic hydroxyl groups is 1. The van der Waals surface area contributed by atoms with E-state index in [4.69, 9.17) is 9.47 Å². The SMILES string of the molecule is COc1cccc(-c2cc(C(=O)Cc3ccc(-c4ccc(OC5CCN(C)CC5)cc4)cc3)ccc2O)c1. The molecule has 4 aromatic carbocycles. The summed E-state index contributed by atoms with van der Waals surface area (Å²) in [6.07, 6.45) is 2.69. The highest BCUT2D eigenvalue weighted by Crippen LogP contribution is 2.32. The first-order valence-corrected chi connectivity index (χ1v) is 13.0. The molecule has 5 rings (SSSR count). The first-order valence-electron chi connectivity index (χ1n) is 13.0. The van der Waals surface area contributed by atoms with Gasteiger partial charge in [0.25, 0.3) is 0 Å². The third-order valence-electron chi connectivity index (χ3n) is 7.17. The maximum Gasteiger partial charge on any atom is 0.167 e. The largest absolute Gasteiger partial charge is 0.507 e. The smallest absolute Gasteiger partial charge is 0.167 e.